The first-order valence-corrected chi connectivity index (χ1v) is 6.63. The molecule has 2 nitrogen and oxygen atoms in total. The molecule has 1 aromatic rings. The first-order valence-electron chi connectivity index (χ1n) is 5.46. The van der Waals surface area contributed by atoms with Gasteiger partial charge in [-0.1, -0.05) is 33.6 Å². The first-order chi connectivity index (χ1) is 7.74. The van der Waals surface area contributed by atoms with Crippen LogP contribution in [-0.4, -0.2) is 19.8 Å². The van der Waals surface area contributed by atoms with Gasteiger partial charge in [-0.15, -0.1) is 0 Å². The Morgan fingerprint density at radius 2 is 2.25 bits per heavy atom. The fourth-order valence-electron chi connectivity index (χ4n) is 1.33. The quantitative estimate of drug-likeness (QED) is 0.777. The summed E-state index contributed by atoms with van der Waals surface area (Å²) in [5, 5.41) is 4.14. The molecule has 1 N–H and O–H groups in total. The zero-order valence-electron chi connectivity index (χ0n) is 9.43. The molecule has 4 heteroatoms. The zero-order valence-corrected chi connectivity index (χ0v) is 11.8. The first kappa shape index (κ1) is 14.0. The van der Waals surface area contributed by atoms with Gasteiger partial charge in [-0.2, -0.15) is 0 Å². The number of hydrogen-bond donors (Lipinski definition) is 1. The van der Waals surface area contributed by atoms with Crippen molar-refractivity contribution in [2.75, 3.05) is 19.8 Å². The molecule has 0 aliphatic heterocycles. The van der Waals surface area contributed by atoms with Crippen LogP contribution in [0.2, 0.25) is 5.02 Å². The summed E-state index contributed by atoms with van der Waals surface area (Å²) in [6.45, 7) is 5.37. The Bertz CT molecular complexity index is 320. The highest BCUT2D eigenvalue weighted by Gasteiger charge is 2.00. The molecule has 0 aliphatic carbocycles. The van der Waals surface area contributed by atoms with E-state index in [2.05, 4.69) is 21.2 Å². The minimum Gasteiger partial charge on any atom is -0.382 e. The molecule has 0 aromatic heterocycles. The number of rotatable bonds is 7. The molecule has 0 aliphatic rings. The summed E-state index contributed by atoms with van der Waals surface area (Å²) in [5.74, 6) is 0. The van der Waals surface area contributed by atoms with Gasteiger partial charge in [-0.05, 0) is 37.6 Å². The number of nitrogens with one attached hydrogen (secondary N) is 1. The Morgan fingerprint density at radius 1 is 1.44 bits per heavy atom. The molecule has 0 saturated heterocycles. The van der Waals surface area contributed by atoms with Gasteiger partial charge in [0.05, 0.1) is 0 Å². The summed E-state index contributed by atoms with van der Waals surface area (Å²) in [4.78, 5) is 0. The highest BCUT2D eigenvalue weighted by molar-refractivity contribution is 9.10. The maximum absolute atomic E-state index is 6.10. The highest BCUT2D eigenvalue weighted by atomic mass is 79.9. The summed E-state index contributed by atoms with van der Waals surface area (Å²) in [7, 11) is 0. The lowest BCUT2D eigenvalue weighted by Gasteiger charge is -2.07. The van der Waals surface area contributed by atoms with Crippen LogP contribution in [0.5, 0.6) is 0 Å². The molecule has 0 spiro atoms. The highest BCUT2D eigenvalue weighted by Crippen LogP contribution is 2.20. The largest absolute Gasteiger partial charge is 0.382 e. The van der Waals surface area contributed by atoms with E-state index in [0.29, 0.717) is 0 Å². The summed E-state index contributed by atoms with van der Waals surface area (Å²) < 4.78 is 6.26. The molecule has 0 amide bonds. The summed E-state index contributed by atoms with van der Waals surface area (Å²) >= 11 is 9.48. The topological polar surface area (TPSA) is 21.3 Å². The second-order valence-electron chi connectivity index (χ2n) is 3.46. The average molecular weight is 307 g/mol. The van der Waals surface area contributed by atoms with Crippen LogP contribution >= 0.6 is 27.5 Å². The molecule has 16 heavy (non-hydrogen) atoms. The maximum Gasteiger partial charge on any atom is 0.0477 e. The lowest BCUT2D eigenvalue weighted by atomic mass is 10.2. The molecule has 0 bridgehead atoms. The van der Waals surface area contributed by atoms with Gasteiger partial charge >= 0.3 is 0 Å². The molecule has 0 radical (unpaired) electrons. The van der Waals surface area contributed by atoms with Crippen molar-refractivity contribution in [3.05, 3.63) is 33.3 Å². The van der Waals surface area contributed by atoms with E-state index in [-0.39, 0.29) is 0 Å². The Balaban J connectivity index is 2.21. The fraction of sp³-hybridized carbons (Fsp3) is 0.500. The smallest absolute Gasteiger partial charge is 0.0477 e. The van der Waals surface area contributed by atoms with Crippen LogP contribution in [0.4, 0.5) is 0 Å². The van der Waals surface area contributed by atoms with E-state index in [4.69, 9.17) is 16.3 Å². The number of ether oxygens (including phenoxy) is 1. The third kappa shape index (κ3) is 5.30. The maximum atomic E-state index is 6.10. The van der Waals surface area contributed by atoms with E-state index >= 15 is 0 Å². The van der Waals surface area contributed by atoms with E-state index < -0.39 is 0 Å². The number of hydrogen-bond acceptors (Lipinski definition) is 2. The third-order valence-corrected chi connectivity index (χ3v) is 3.02. The van der Waals surface area contributed by atoms with Crippen LogP contribution in [0.3, 0.4) is 0 Å². The van der Waals surface area contributed by atoms with Gasteiger partial charge in [0.15, 0.2) is 0 Å². The summed E-state index contributed by atoms with van der Waals surface area (Å²) in [6.07, 6.45) is 1.03. The van der Waals surface area contributed by atoms with Crippen LogP contribution in [0, 0.1) is 0 Å². The van der Waals surface area contributed by atoms with Crippen molar-refractivity contribution in [1.82, 2.24) is 5.32 Å². The van der Waals surface area contributed by atoms with Gasteiger partial charge in [0.2, 0.25) is 0 Å². The Morgan fingerprint density at radius 3 is 2.94 bits per heavy atom. The zero-order chi connectivity index (χ0) is 11.8. The number of halogens is 2. The standard InChI is InChI=1S/C12H17BrClNO/c1-2-16-7-3-6-15-9-10-4-5-11(13)8-12(10)14/h4-5,8,15H,2-3,6-7,9H2,1H3. The average Bonchev–Trinajstić information content (AvgIpc) is 2.26. The van der Waals surface area contributed by atoms with E-state index in [1.54, 1.807) is 0 Å². The van der Waals surface area contributed by atoms with Crippen molar-refractivity contribution >= 4 is 27.5 Å². The normalized spacial score (nSPS) is 10.7. The third-order valence-electron chi connectivity index (χ3n) is 2.18. The molecular formula is C12H17BrClNO. The molecule has 0 heterocycles. The lowest BCUT2D eigenvalue weighted by Crippen LogP contribution is -2.16. The van der Waals surface area contributed by atoms with Crippen LogP contribution < -0.4 is 5.32 Å². The van der Waals surface area contributed by atoms with Crippen molar-refractivity contribution in [2.24, 2.45) is 0 Å². The molecule has 1 rings (SSSR count). The van der Waals surface area contributed by atoms with Crippen molar-refractivity contribution in [3.63, 3.8) is 0 Å². The Labute approximate surface area is 110 Å². The molecule has 0 fully saturated rings. The second-order valence-corrected chi connectivity index (χ2v) is 4.79. The van der Waals surface area contributed by atoms with Gasteiger partial charge in [0.25, 0.3) is 0 Å². The van der Waals surface area contributed by atoms with Crippen molar-refractivity contribution < 1.29 is 4.74 Å². The second kappa shape index (κ2) is 8.07. The summed E-state index contributed by atoms with van der Waals surface area (Å²) in [5.41, 5.74) is 1.13. The van der Waals surface area contributed by atoms with Crippen LogP contribution in [-0.2, 0) is 11.3 Å². The van der Waals surface area contributed by atoms with E-state index in [1.807, 2.05) is 25.1 Å². The predicted molar refractivity (Wildman–Crippen MR) is 72.0 cm³/mol. The molecule has 0 atom stereocenters. The monoisotopic (exact) mass is 305 g/mol. The van der Waals surface area contributed by atoms with Gasteiger partial charge in [0, 0.05) is 29.3 Å². The van der Waals surface area contributed by atoms with Crippen LogP contribution in [0.15, 0.2) is 22.7 Å². The van der Waals surface area contributed by atoms with Crippen LogP contribution in [0.1, 0.15) is 18.9 Å². The van der Waals surface area contributed by atoms with E-state index in [0.717, 1.165) is 47.8 Å². The van der Waals surface area contributed by atoms with E-state index in [9.17, 15) is 0 Å². The number of benzene rings is 1. The van der Waals surface area contributed by atoms with E-state index in [1.165, 1.54) is 0 Å². The minimum absolute atomic E-state index is 0.790. The molecule has 90 valence electrons. The predicted octanol–water partition coefficient (Wildman–Crippen LogP) is 3.62. The van der Waals surface area contributed by atoms with Crippen LogP contribution in [0.25, 0.3) is 0 Å². The SMILES string of the molecule is CCOCCCNCc1ccc(Br)cc1Cl. The van der Waals surface area contributed by atoms with Crippen molar-refractivity contribution in [2.45, 2.75) is 19.9 Å². The summed E-state index contributed by atoms with van der Waals surface area (Å²) in [6, 6.07) is 5.95. The lowest BCUT2D eigenvalue weighted by molar-refractivity contribution is 0.144. The molecular weight excluding hydrogens is 289 g/mol. The van der Waals surface area contributed by atoms with Gasteiger partial charge in [0.1, 0.15) is 0 Å². The Hall–Kier alpha value is -0.0900. The van der Waals surface area contributed by atoms with Crippen molar-refractivity contribution in [3.8, 4) is 0 Å². The molecule has 0 unspecified atom stereocenters. The molecule has 1 aromatic carbocycles. The van der Waals surface area contributed by atoms with Gasteiger partial charge in [-0.3, -0.25) is 0 Å². The van der Waals surface area contributed by atoms with Gasteiger partial charge < -0.3 is 10.1 Å². The Kier molecular flexibility index (Phi) is 7.05. The van der Waals surface area contributed by atoms with Gasteiger partial charge in [-0.25, -0.2) is 0 Å². The molecule has 0 saturated carbocycles. The fourth-order valence-corrected chi connectivity index (χ4v) is 2.07. The van der Waals surface area contributed by atoms with Crippen molar-refractivity contribution in [1.29, 1.82) is 0 Å². The minimum atomic E-state index is 0.790.